The number of halogens is 2. The van der Waals surface area contributed by atoms with E-state index < -0.39 is 16.1 Å². The summed E-state index contributed by atoms with van der Waals surface area (Å²) in [6, 6.07) is 11.5. The van der Waals surface area contributed by atoms with Crippen molar-refractivity contribution < 1.29 is 18.0 Å². The van der Waals surface area contributed by atoms with Crippen molar-refractivity contribution >= 4 is 50.7 Å². The fourth-order valence-corrected chi connectivity index (χ4v) is 4.88. The third-order valence-electron chi connectivity index (χ3n) is 5.98. The Morgan fingerprint density at radius 1 is 1.03 bits per heavy atom. The number of anilines is 1. The lowest BCUT2D eigenvalue weighted by molar-refractivity contribution is -0.140. The third-order valence-corrected chi connectivity index (χ3v) is 7.91. The summed E-state index contributed by atoms with van der Waals surface area (Å²) in [6.07, 6.45) is 2.27. The van der Waals surface area contributed by atoms with Gasteiger partial charge in [-0.1, -0.05) is 53.9 Å². The summed E-state index contributed by atoms with van der Waals surface area (Å²) in [5.74, 6) is -0.514. The third kappa shape index (κ3) is 8.68. The number of sulfonamides is 1. The van der Waals surface area contributed by atoms with Crippen molar-refractivity contribution in [3.63, 3.8) is 0 Å². The number of benzene rings is 2. The van der Waals surface area contributed by atoms with Crippen LogP contribution in [-0.2, 0) is 26.2 Å². The van der Waals surface area contributed by atoms with Crippen LogP contribution in [0.4, 0.5) is 5.69 Å². The lowest BCUT2D eigenvalue weighted by atomic mass is 10.1. The normalized spacial score (nSPS) is 13.1. The second kappa shape index (κ2) is 13.3. The van der Waals surface area contributed by atoms with E-state index in [1.54, 1.807) is 37.3 Å². The zero-order chi connectivity index (χ0) is 27.0. The molecule has 10 heteroatoms. The Morgan fingerprint density at radius 2 is 1.67 bits per heavy atom. The second-order valence-electron chi connectivity index (χ2n) is 9.04. The van der Waals surface area contributed by atoms with Crippen molar-refractivity contribution in [2.45, 2.75) is 65.6 Å². The second-order valence-corrected chi connectivity index (χ2v) is 11.8. The summed E-state index contributed by atoms with van der Waals surface area (Å²) in [4.78, 5) is 27.7. The van der Waals surface area contributed by atoms with Gasteiger partial charge < -0.3 is 10.2 Å². The molecule has 0 saturated heterocycles. The Labute approximate surface area is 224 Å². The van der Waals surface area contributed by atoms with Crippen molar-refractivity contribution in [1.82, 2.24) is 10.2 Å². The van der Waals surface area contributed by atoms with Crippen LogP contribution in [0.5, 0.6) is 0 Å². The molecular formula is C26H35Cl2N3O4S. The predicted molar refractivity (Wildman–Crippen MR) is 147 cm³/mol. The molecule has 198 valence electrons. The van der Waals surface area contributed by atoms with E-state index >= 15 is 0 Å². The zero-order valence-electron chi connectivity index (χ0n) is 21.4. The number of aryl methyl sites for hydroxylation is 1. The summed E-state index contributed by atoms with van der Waals surface area (Å²) in [5, 5.41) is 3.69. The smallest absolute Gasteiger partial charge is 0.242 e. The number of hydrogen-bond acceptors (Lipinski definition) is 4. The summed E-state index contributed by atoms with van der Waals surface area (Å²) in [5.41, 5.74) is 2.30. The number of rotatable bonds is 12. The van der Waals surface area contributed by atoms with Gasteiger partial charge in [0.05, 0.1) is 22.0 Å². The molecule has 0 fully saturated rings. The fourth-order valence-electron chi connectivity index (χ4n) is 3.60. The molecule has 0 unspecified atom stereocenters. The number of nitrogens with one attached hydrogen (secondary N) is 1. The lowest BCUT2D eigenvalue weighted by Crippen LogP contribution is -2.49. The van der Waals surface area contributed by atoms with Gasteiger partial charge in [-0.2, -0.15) is 0 Å². The number of nitrogens with zero attached hydrogens (tertiary/aromatic N) is 2. The standard InChI is InChI=1S/C26H35Cl2N3O4S/c1-6-19(3)29-26(33)20(4)30(17-21-11-14-23(27)24(28)16-21)25(32)8-7-15-31(36(5,34)35)22-12-9-18(2)10-13-22/h9-14,16,19-20H,6-8,15,17H2,1-5H3,(H,29,33)/t19-,20-/m0/s1. The molecule has 0 aromatic heterocycles. The molecule has 2 aromatic rings. The van der Waals surface area contributed by atoms with Crippen LogP contribution in [-0.4, -0.2) is 50.0 Å². The number of carbonyl (C=O) groups is 2. The molecule has 7 nitrogen and oxygen atoms in total. The zero-order valence-corrected chi connectivity index (χ0v) is 23.8. The molecule has 0 aliphatic heterocycles. The van der Waals surface area contributed by atoms with Crippen LogP contribution in [0.1, 0.15) is 51.2 Å². The van der Waals surface area contributed by atoms with Crippen molar-refractivity contribution in [2.75, 3.05) is 17.1 Å². The Kier molecular flexibility index (Phi) is 11.1. The van der Waals surface area contributed by atoms with Crippen LogP contribution in [0.15, 0.2) is 42.5 Å². The first-order chi connectivity index (χ1) is 16.8. The fraction of sp³-hybridized carbons (Fsp3) is 0.462. The first-order valence-electron chi connectivity index (χ1n) is 11.9. The van der Waals surface area contributed by atoms with Gasteiger partial charge in [-0.3, -0.25) is 13.9 Å². The molecule has 2 atom stereocenters. The molecule has 2 amide bonds. The van der Waals surface area contributed by atoms with Crippen LogP contribution >= 0.6 is 23.2 Å². The van der Waals surface area contributed by atoms with E-state index in [0.29, 0.717) is 15.7 Å². The Bertz CT molecular complexity index is 1160. The van der Waals surface area contributed by atoms with E-state index in [-0.39, 0.29) is 43.8 Å². The number of carbonyl (C=O) groups excluding carboxylic acids is 2. The van der Waals surface area contributed by atoms with E-state index in [4.69, 9.17) is 23.2 Å². The van der Waals surface area contributed by atoms with Gasteiger partial charge in [0.25, 0.3) is 0 Å². The van der Waals surface area contributed by atoms with Crippen LogP contribution in [0, 0.1) is 6.92 Å². The van der Waals surface area contributed by atoms with Gasteiger partial charge >= 0.3 is 0 Å². The highest BCUT2D eigenvalue weighted by Crippen LogP contribution is 2.24. The van der Waals surface area contributed by atoms with Crippen LogP contribution < -0.4 is 9.62 Å². The van der Waals surface area contributed by atoms with Crippen LogP contribution in [0.25, 0.3) is 0 Å². The highest BCUT2D eigenvalue weighted by atomic mass is 35.5. The monoisotopic (exact) mass is 555 g/mol. The Balaban J connectivity index is 2.19. The Morgan fingerprint density at radius 3 is 2.22 bits per heavy atom. The van der Waals surface area contributed by atoms with E-state index in [0.717, 1.165) is 23.8 Å². The van der Waals surface area contributed by atoms with Crippen LogP contribution in [0.3, 0.4) is 0 Å². The summed E-state index contributed by atoms with van der Waals surface area (Å²) < 4.78 is 26.1. The summed E-state index contributed by atoms with van der Waals surface area (Å²) in [7, 11) is -3.54. The SMILES string of the molecule is CC[C@H](C)NC(=O)[C@H](C)N(Cc1ccc(Cl)c(Cl)c1)C(=O)CCCN(c1ccc(C)cc1)S(C)(=O)=O. The number of hydrogen-bond donors (Lipinski definition) is 1. The summed E-state index contributed by atoms with van der Waals surface area (Å²) in [6.45, 7) is 7.78. The van der Waals surface area contributed by atoms with E-state index in [1.807, 2.05) is 32.9 Å². The molecule has 0 heterocycles. The molecule has 0 bridgehead atoms. The van der Waals surface area contributed by atoms with E-state index in [9.17, 15) is 18.0 Å². The minimum atomic E-state index is -3.54. The van der Waals surface area contributed by atoms with Gasteiger partial charge in [-0.15, -0.1) is 0 Å². The highest BCUT2D eigenvalue weighted by molar-refractivity contribution is 7.92. The molecule has 0 spiro atoms. The van der Waals surface area contributed by atoms with E-state index in [1.165, 1.54) is 9.21 Å². The maximum Gasteiger partial charge on any atom is 0.242 e. The first-order valence-corrected chi connectivity index (χ1v) is 14.5. The largest absolute Gasteiger partial charge is 0.352 e. The molecule has 0 radical (unpaired) electrons. The van der Waals surface area contributed by atoms with Crippen molar-refractivity contribution in [3.05, 3.63) is 63.6 Å². The minimum Gasteiger partial charge on any atom is -0.352 e. The van der Waals surface area contributed by atoms with E-state index in [2.05, 4.69) is 5.32 Å². The maximum absolute atomic E-state index is 13.3. The molecule has 2 rings (SSSR count). The van der Waals surface area contributed by atoms with Gasteiger partial charge in [0.15, 0.2) is 0 Å². The molecule has 0 aliphatic carbocycles. The molecule has 0 saturated carbocycles. The Hall–Kier alpha value is -2.29. The molecule has 2 aromatic carbocycles. The van der Waals surface area contributed by atoms with Crippen molar-refractivity contribution in [1.29, 1.82) is 0 Å². The average Bonchev–Trinajstić information content (AvgIpc) is 2.81. The molecule has 0 aliphatic rings. The highest BCUT2D eigenvalue weighted by Gasteiger charge is 2.27. The lowest BCUT2D eigenvalue weighted by Gasteiger charge is -2.30. The molecule has 36 heavy (non-hydrogen) atoms. The van der Waals surface area contributed by atoms with Crippen molar-refractivity contribution in [2.24, 2.45) is 0 Å². The van der Waals surface area contributed by atoms with Gasteiger partial charge in [0.2, 0.25) is 21.8 Å². The maximum atomic E-state index is 13.3. The van der Waals surface area contributed by atoms with Gasteiger partial charge in [0.1, 0.15) is 6.04 Å². The van der Waals surface area contributed by atoms with Crippen LogP contribution in [0.2, 0.25) is 10.0 Å². The topological polar surface area (TPSA) is 86.8 Å². The summed E-state index contributed by atoms with van der Waals surface area (Å²) >= 11 is 12.2. The van der Waals surface area contributed by atoms with Gasteiger partial charge in [-0.25, -0.2) is 8.42 Å². The van der Waals surface area contributed by atoms with Gasteiger partial charge in [-0.05, 0) is 63.4 Å². The minimum absolute atomic E-state index is 0.0280. The quantitative estimate of drug-likeness (QED) is 0.391. The first kappa shape index (κ1) is 29.9. The van der Waals surface area contributed by atoms with Gasteiger partial charge in [0, 0.05) is 25.6 Å². The predicted octanol–water partition coefficient (Wildman–Crippen LogP) is 5.18. The molecule has 1 N–H and O–H groups in total. The molecular weight excluding hydrogens is 521 g/mol. The number of amides is 2. The average molecular weight is 557 g/mol. The van der Waals surface area contributed by atoms with Crippen molar-refractivity contribution in [3.8, 4) is 0 Å².